The van der Waals surface area contributed by atoms with Crippen molar-refractivity contribution < 1.29 is 4.79 Å². The van der Waals surface area contributed by atoms with Crippen LogP contribution in [0.1, 0.15) is 43.2 Å². The van der Waals surface area contributed by atoms with E-state index in [1.165, 1.54) is 0 Å². The molecular weight excluding hydrogens is 226 g/mol. The maximum Gasteiger partial charge on any atom is 0.270 e. The molecule has 4 nitrogen and oxygen atoms in total. The molecule has 1 fully saturated rings. The number of piperidine rings is 1. The van der Waals surface area contributed by atoms with E-state index >= 15 is 0 Å². The second-order valence-corrected chi connectivity index (χ2v) is 5.29. The van der Waals surface area contributed by atoms with Crippen LogP contribution in [-0.2, 0) is 0 Å². The van der Waals surface area contributed by atoms with Crippen LogP contribution in [0.15, 0.2) is 18.3 Å². The third-order valence-corrected chi connectivity index (χ3v) is 3.80. The number of nitrogens with zero attached hydrogens (tertiary/aromatic N) is 2. The molecule has 1 aliphatic rings. The summed E-state index contributed by atoms with van der Waals surface area (Å²) < 4.78 is 2.15. The highest BCUT2D eigenvalue weighted by molar-refractivity contribution is 5.92. The van der Waals surface area contributed by atoms with Gasteiger partial charge in [-0.1, -0.05) is 0 Å². The van der Waals surface area contributed by atoms with E-state index in [2.05, 4.69) is 9.88 Å². The Morgan fingerprint density at radius 1 is 1.44 bits per heavy atom. The van der Waals surface area contributed by atoms with E-state index in [4.69, 9.17) is 0 Å². The summed E-state index contributed by atoms with van der Waals surface area (Å²) in [5.41, 5.74) is 0.818. The monoisotopic (exact) mass is 249 g/mol. The Labute approximate surface area is 109 Å². The van der Waals surface area contributed by atoms with Gasteiger partial charge in [0, 0.05) is 25.3 Å². The minimum Gasteiger partial charge on any atom is -0.340 e. The molecular formula is C14H23N3O. The fraction of sp³-hybridized carbons (Fsp3) is 0.643. The van der Waals surface area contributed by atoms with E-state index in [0.717, 1.165) is 31.6 Å². The van der Waals surface area contributed by atoms with Gasteiger partial charge in [-0.25, -0.2) is 0 Å². The summed E-state index contributed by atoms with van der Waals surface area (Å²) >= 11 is 0. The molecule has 2 heterocycles. The molecule has 0 radical (unpaired) electrons. The van der Waals surface area contributed by atoms with E-state index < -0.39 is 0 Å². The van der Waals surface area contributed by atoms with Gasteiger partial charge in [-0.2, -0.15) is 0 Å². The maximum absolute atomic E-state index is 12.4. The summed E-state index contributed by atoms with van der Waals surface area (Å²) in [5, 5.41) is 3.36. The lowest BCUT2D eigenvalue weighted by molar-refractivity contribution is 0.0740. The lowest BCUT2D eigenvalue weighted by atomic mass is 10.1. The van der Waals surface area contributed by atoms with Crippen LogP contribution in [0.4, 0.5) is 0 Å². The third kappa shape index (κ3) is 2.58. The van der Waals surface area contributed by atoms with Crippen molar-refractivity contribution in [3.63, 3.8) is 0 Å². The van der Waals surface area contributed by atoms with Crippen LogP contribution in [0.25, 0.3) is 0 Å². The number of aromatic nitrogens is 1. The van der Waals surface area contributed by atoms with Crippen molar-refractivity contribution in [2.45, 2.75) is 38.8 Å². The second kappa shape index (κ2) is 5.57. The Hall–Kier alpha value is -1.29. The summed E-state index contributed by atoms with van der Waals surface area (Å²) in [7, 11) is 1.87. The van der Waals surface area contributed by atoms with Crippen molar-refractivity contribution in [1.29, 1.82) is 0 Å². The van der Waals surface area contributed by atoms with E-state index in [0.29, 0.717) is 6.04 Å². The topological polar surface area (TPSA) is 37.3 Å². The van der Waals surface area contributed by atoms with Gasteiger partial charge >= 0.3 is 0 Å². The standard InChI is InChI=1S/C14H23N3O/c1-11(2)16(3)14(18)13-5-4-10-17(13)12-6-8-15-9-7-12/h4-5,10-12,15H,6-9H2,1-3H3. The van der Waals surface area contributed by atoms with Gasteiger partial charge in [-0.15, -0.1) is 0 Å². The summed E-state index contributed by atoms with van der Waals surface area (Å²) in [6.07, 6.45) is 4.23. The summed E-state index contributed by atoms with van der Waals surface area (Å²) in [4.78, 5) is 14.2. The van der Waals surface area contributed by atoms with Crippen LogP contribution in [-0.4, -0.2) is 41.6 Å². The molecule has 0 saturated carbocycles. The molecule has 1 aliphatic heterocycles. The molecule has 1 aromatic rings. The Morgan fingerprint density at radius 2 is 2.11 bits per heavy atom. The Balaban J connectivity index is 2.18. The summed E-state index contributed by atoms with van der Waals surface area (Å²) in [5.74, 6) is 0.119. The molecule has 100 valence electrons. The minimum absolute atomic E-state index is 0.119. The average Bonchev–Trinajstić information content (AvgIpc) is 2.87. The normalized spacial score (nSPS) is 17.1. The molecule has 1 aromatic heterocycles. The molecule has 4 heteroatoms. The zero-order chi connectivity index (χ0) is 13.1. The van der Waals surface area contributed by atoms with E-state index in [1.54, 1.807) is 4.90 Å². The number of rotatable bonds is 3. The smallest absolute Gasteiger partial charge is 0.270 e. The van der Waals surface area contributed by atoms with Crippen LogP contribution in [0.2, 0.25) is 0 Å². The molecule has 2 rings (SSSR count). The van der Waals surface area contributed by atoms with Crippen molar-refractivity contribution in [2.75, 3.05) is 20.1 Å². The first-order valence-electron chi connectivity index (χ1n) is 6.76. The first kappa shape index (κ1) is 13.1. The largest absolute Gasteiger partial charge is 0.340 e. The molecule has 0 bridgehead atoms. The fourth-order valence-corrected chi connectivity index (χ4v) is 2.39. The van der Waals surface area contributed by atoms with Crippen LogP contribution in [0.5, 0.6) is 0 Å². The predicted octanol–water partition coefficient (Wildman–Crippen LogP) is 1.89. The van der Waals surface area contributed by atoms with Gasteiger partial charge < -0.3 is 14.8 Å². The SMILES string of the molecule is CC(C)N(C)C(=O)c1cccn1C1CCNCC1. The molecule has 1 N–H and O–H groups in total. The summed E-state index contributed by atoms with van der Waals surface area (Å²) in [6.45, 7) is 6.15. The van der Waals surface area contributed by atoms with E-state index in [-0.39, 0.29) is 11.9 Å². The summed E-state index contributed by atoms with van der Waals surface area (Å²) in [6, 6.07) is 4.60. The zero-order valence-electron chi connectivity index (χ0n) is 11.5. The average molecular weight is 249 g/mol. The molecule has 1 saturated heterocycles. The predicted molar refractivity (Wildman–Crippen MR) is 72.8 cm³/mol. The highest BCUT2D eigenvalue weighted by Crippen LogP contribution is 2.22. The Bertz CT molecular complexity index is 405. The van der Waals surface area contributed by atoms with Crippen molar-refractivity contribution in [1.82, 2.24) is 14.8 Å². The third-order valence-electron chi connectivity index (χ3n) is 3.80. The number of hydrogen-bond acceptors (Lipinski definition) is 2. The lowest BCUT2D eigenvalue weighted by Gasteiger charge is -2.28. The van der Waals surface area contributed by atoms with Gasteiger partial charge in [0.15, 0.2) is 0 Å². The van der Waals surface area contributed by atoms with Gasteiger partial charge in [0.2, 0.25) is 0 Å². The Kier molecular flexibility index (Phi) is 4.07. The lowest BCUT2D eigenvalue weighted by Crippen LogP contribution is -2.36. The molecule has 0 aliphatic carbocycles. The number of amides is 1. The van der Waals surface area contributed by atoms with Crippen molar-refractivity contribution in [3.8, 4) is 0 Å². The van der Waals surface area contributed by atoms with Crippen LogP contribution >= 0.6 is 0 Å². The number of carbonyl (C=O) groups excluding carboxylic acids is 1. The van der Waals surface area contributed by atoms with Crippen molar-refractivity contribution >= 4 is 5.91 Å². The minimum atomic E-state index is 0.119. The first-order valence-corrected chi connectivity index (χ1v) is 6.76. The fourth-order valence-electron chi connectivity index (χ4n) is 2.39. The first-order chi connectivity index (χ1) is 8.61. The van der Waals surface area contributed by atoms with Gasteiger partial charge in [0.25, 0.3) is 5.91 Å². The molecule has 0 unspecified atom stereocenters. The molecule has 0 atom stereocenters. The van der Waals surface area contributed by atoms with Crippen LogP contribution < -0.4 is 5.32 Å². The van der Waals surface area contributed by atoms with E-state index in [9.17, 15) is 4.79 Å². The van der Waals surface area contributed by atoms with Gasteiger partial charge in [-0.05, 0) is 51.9 Å². The van der Waals surface area contributed by atoms with Gasteiger partial charge in [-0.3, -0.25) is 4.79 Å². The highest BCUT2D eigenvalue weighted by Gasteiger charge is 2.22. The van der Waals surface area contributed by atoms with Crippen LogP contribution in [0.3, 0.4) is 0 Å². The maximum atomic E-state index is 12.4. The number of carbonyl (C=O) groups is 1. The Morgan fingerprint density at radius 3 is 2.72 bits per heavy atom. The second-order valence-electron chi connectivity index (χ2n) is 5.29. The van der Waals surface area contributed by atoms with Gasteiger partial charge in [0.05, 0.1) is 0 Å². The van der Waals surface area contributed by atoms with E-state index in [1.807, 2.05) is 39.2 Å². The van der Waals surface area contributed by atoms with Crippen molar-refractivity contribution in [3.05, 3.63) is 24.0 Å². The molecule has 1 amide bonds. The molecule has 0 spiro atoms. The highest BCUT2D eigenvalue weighted by atomic mass is 16.2. The van der Waals surface area contributed by atoms with Crippen molar-refractivity contribution in [2.24, 2.45) is 0 Å². The number of nitrogens with one attached hydrogen (secondary N) is 1. The molecule has 18 heavy (non-hydrogen) atoms. The molecule has 0 aromatic carbocycles. The number of hydrogen-bond donors (Lipinski definition) is 1. The quantitative estimate of drug-likeness (QED) is 0.888. The van der Waals surface area contributed by atoms with Gasteiger partial charge in [0.1, 0.15) is 5.69 Å². The zero-order valence-corrected chi connectivity index (χ0v) is 11.5. The van der Waals surface area contributed by atoms with Crippen LogP contribution in [0, 0.1) is 0 Å².